The second-order valence-corrected chi connectivity index (χ2v) is 8.25. The molecular weight excluding hydrogens is 434 g/mol. The van der Waals surface area contributed by atoms with Crippen molar-refractivity contribution in [2.45, 2.75) is 39.2 Å². The Bertz CT molecular complexity index is 985. The fourth-order valence-electron chi connectivity index (χ4n) is 3.91. The van der Waals surface area contributed by atoms with Gasteiger partial charge in [-0.1, -0.05) is 31.5 Å². The maximum absolute atomic E-state index is 11.3. The van der Waals surface area contributed by atoms with E-state index in [9.17, 15) is 9.59 Å². The largest absolute Gasteiger partial charge is 0.491 e. The molecule has 34 heavy (non-hydrogen) atoms. The van der Waals surface area contributed by atoms with Crippen LogP contribution in [0.1, 0.15) is 38.7 Å². The average Bonchev–Trinajstić information content (AvgIpc) is 3.27. The molecule has 1 N–H and O–H groups in total. The van der Waals surface area contributed by atoms with Crippen LogP contribution in [0, 0.1) is 0 Å². The van der Waals surface area contributed by atoms with Crippen molar-refractivity contribution < 1.29 is 28.9 Å². The first-order valence-electron chi connectivity index (χ1n) is 11.7. The summed E-state index contributed by atoms with van der Waals surface area (Å²) in [6.45, 7) is 6.70. The van der Waals surface area contributed by atoms with Crippen molar-refractivity contribution in [3.05, 3.63) is 54.1 Å². The molecule has 1 aliphatic rings. The lowest BCUT2D eigenvalue weighted by molar-refractivity contribution is -0.145. The molecule has 3 rings (SSSR count). The van der Waals surface area contributed by atoms with E-state index < -0.39 is 5.97 Å². The standard InChI is InChI=1S/C27H33NO6/c1-3-4-15-32-16-17-33-24-9-5-21(6-10-24)22-7-11-26(23(18-22)8-12-27(30)31)28-14-13-25(19-28)34-20(2)29/h5-12,18,25H,3-4,13-17,19H2,1-2H3,(H,30,31). The van der Waals surface area contributed by atoms with Crippen LogP contribution in [0.15, 0.2) is 48.5 Å². The summed E-state index contributed by atoms with van der Waals surface area (Å²) in [5.74, 6) is -0.514. The van der Waals surface area contributed by atoms with Crippen LogP contribution < -0.4 is 9.64 Å². The monoisotopic (exact) mass is 467 g/mol. The number of aliphatic carboxylic acids is 1. The number of benzene rings is 2. The van der Waals surface area contributed by atoms with Crippen LogP contribution in [-0.2, 0) is 19.1 Å². The van der Waals surface area contributed by atoms with Crippen LogP contribution in [0.3, 0.4) is 0 Å². The van der Waals surface area contributed by atoms with Gasteiger partial charge < -0.3 is 24.2 Å². The molecule has 1 unspecified atom stereocenters. The Kier molecular flexibility index (Phi) is 9.52. The average molecular weight is 468 g/mol. The molecule has 2 aromatic rings. The molecular formula is C27H33NO6. The van der Waals surface area contributed by atoms with E-state index in [4.69, 9.17) is 19.3 Å². The van der Waals surface area contributed by atoms with E-state index >= 15 is 0 Å². The van der Waals surface area contributed by atoms with Crippen molar-refractivity contribution >= 4 is 23.7 Å². The van der Waals surface area contributed by atoms with Gasteiger partial charge in [-0.2, -0.15) is 0 Å². The SMILES string of the molecule is CCCCOCCOc1ccc(-c2ccc(N3CCC(OC(C)=O)C3)c(C=CC(=O)O)c2)cc1. The van der Waals surface area contributed by atoms with Crippen molar-refractivity contribution in [3.63, 3.8) is 0 Å². The molecule has 0 aromatic heterocycles. The van der Waals surface area contributed by atoms with E-state index in [-0.39, 0.29) is 12.1 Å². The van der Waals surface area contributed by atoms with Crippen LogP contribution in [-0.4, -0.2) is 56.1 Å². The van der Waals surface area contributed by atoms with Gasteiger partial charge in [-0.15, -0.1) is 0 Å². The van der Waals surface area contributed by atoms with E-state index in [0.29, 0.717) is 19.8 Å². The Morgan fingerprint density at radius 1 is 1.09 bits per heavy atom. The molecule has 1 heterocycles. The summed E-state index contributed by atoms with van der Waals surface area (Å²) < 4.78 is 16.6. The highest BCUT2D eigenvalue weighted by atomic mass is 16.5. The number of hydrogen-bond donors (Lipinski definition) is 1. The second kappa shape index (κ2) is 12.8. The number of carbonyl (C=O) groups excluding carboxylic acids is 1. The molecule has 2 aromatic carbocycles. The van der Waals surface area contributed by atoms with Gasteiger partial charge in [-0.25, -0.2) is 4.79 Å². The van der Waals surface area contributed by atoms with E-state index in [0.717, 1.165) is 66.6 Å². The third-order valence-corrected chi connectivity index (χ3v) is 5.58. The number of ether oxygens (including phenoxy) is 3. The van der Waals surface area contributed by atoms with E-state index in [2.05, 4.69) is 11.8 Å². The van der Waals surface area contributed by atoms with Crippen LogP contribution >= 0.6 is 0 Å². The summed E-state index contributed by atoms with van der Waals surface area (Å²) >= 11 is 0. The normalized spacial score (nSPS) is 15.6. The maximum Gasteiger partial charge on any atom is 0.328 e. The summed E-state index contributed by atoms with van der Waals surface area (Å²) in [6, 6.07) is 13.8. The second-order valence-electron chi connectivity index (χ2n) is 8.25. The number of carbonyl (C=O) groups is 2. The van der Waals surface area contributed by atoms with Gasteiger partial charge in [-0.05, 0) is 53.5 Å². The number of hydrogen-bond acceptors (Lipinski definition) is 6. The van der Waals surface area contributed by atoms with Gasteiger partial charge in [0.1, 0.15) is 18.5 Å². The summed E-state index contributed by atoms with van der Waals surface area (Å²) in [5.41, 5.74) is 3.69. The number of anilines is 1. The Morgan fingerprint density at radius 2 is 1.85 bits per heavy atom. The van der Waals surface area contributed by atoms with Gasteiger partial charge in [0.2, 0.25) is 0 Å². The van der Waals surface area contributed by atoms with Gasteiger partial charge in [0, 0.05) is 38.3 Å². The molecule has 7 nitrogen and oxygen atoms in total. The van der Waals surface area contributed by atoms with Crippen LogP contribution in [0.4, 0.5) is 5.69 Å². The molecule has 0 amide bonds. The van der Waals surface area contributed by atoms with E-state index in [1.807, 2.05) is 42.5 Å². The minimum atomic E-state index is -1.00. The predicted molar refractivity (Wildman–Crippen MR) is 132 cm³/mol. The third kappa shape index (κ3) is 7.63. The lowest BCUT2D eigenvalue weighted by Crippen LogP contribution is -2.24. The summed E-state index contributed by atoms with van der Waals surface area (Å²) in [6.07, 6.45) is 5.51. The zero-order chi connectivity index (χ0) is 24.3. The quantitative estimate of drug-likeness (QED) is 0.273. The minimum absolute atomic E-state index is 0.155. The van der Waals surface area contributed by atoms with E-state index in [1.54, 1.807) is 6.08 Å². The van der Waals surface area contributed by atoms with Crippen LogP contribution in [0.2, 0.25) is 0 Å². The van der Waals surface area contributed by atoms with Gasteiger partial charge in [-0.3, -0.25) is 4.79 Å². The predicted octanol–water partition coefficient (Wildman–Crippen LogP) is 4.79. The Labute approximate surface area is 200 Å². The lowest BCUT2D eigenvalue weighted by atomic mass is 10.0. The Balaban J connectivity index is 1.70. The molecule has 1 saturated heterocycles. The van der Waals surface area contributed by atoms with Gasteiger partial charge in [0.05, 0.1) is 13.2 Å². The number of carboxylic acids is 1. The number of rotatable bonds is 12. The summed E-state index contributed by atoms with van der Waals surface area (Å²) in [4.78, 5) is 24.6. The van der Waals surface area contributed by atoms with Gasteiger partial charge in [0.25, 0.3) is 0 Å². The van der Waals surface area contributed by atoms with Crippen molar-refractivity contribution in [2.75, 3.05) is 37.8 Å². The maximum atomic E-state index is 11.3. The van der Waals surface area contributed by atoms with Gasteiger partial charge in [0.15, 0.2) is 0 Å². The molecule has 0 saturated carbocycles. The smallest absolute Gasteiger partial charge is 0.328 e. The number of esters is 1. The molecule has 0 aliphatic carbocycles. The van der Waals surface area contributed by atoms with Crippen LogP contribution in [0.5, 0.6) is 5.75 Å². The molecule has 1 atom stereocenters. The minimum Gasteiger partial charge on any atom is -0.491 e. The Morgan fingerprint density at radius 3 is 2.56 bits per heavy atom. The summed E-state index contributed by atoms with van der Waals surface area (Å²) in [7, 11) is 0. The number of carboxylic acid groups (broad SMARTS) is 1. The van der Waals surface area contributed by atoms with E-state index in [1.165, 1.54) is 6.92 Å². The van der Waals surface area contributed by atoms with Crippen molar-refractivity contribution in [1.82, 2.24) is 0 Å². The van der Waals surface area contributed by atoms with Crippen molar-refractivity contribution in [3.8, 4) is 16.9 Å². The highest BCUT2D eigenvalue weighted by molar-refractivity contribution is 5.88. The topological polar surface area (TPSA) is 85.3 Å². The van der Waals surface area contributed by atoms with Crippen LogP contribution in [0.25, 0.3) is 17.2 Å². The first kappa shape index (κ1) is 25.3. The zero-order valence-corrected chi connectivity index (χ0v) is 19.9. The number of nitrogens with zero attached hydrogens (tertiary/aromatic N) is 1. The number of unbranched alkanes of at least 4 members (excludes halogenated alkanes) is 1. The first-order valence-corrected chi connectivity index (χ1v) is 11.7. The lowest BCUT2D eigenvalue weighted by Gasteiger charge is -2.22. The molecule has 7 heteroatoms. The molecule has 0 bridgehead atoms. The van der Waals surface area contributed by atoms with Gasteiger partial charge >= 0.3 is 11.9 Å². The highest BCUT2D eigenvalue weighted by Gasteiger charge is 2.26. The zero-order valence-electron chi connectivity index (χ0n) is 19.9. The molecule has 1 fully saturated rings. The summed E-state index contributed by atoms with van der Waals surface area (Å²) in [5, 5.41) is 9.14. The molecule has 0 radical (unpaired) electrons. The fourth-order valence-corrected chi connectivity index (χ4v) is 3.91. The van der Waals surface area contributed by atoms with Crippen molar-refractivity contribution in [1.29, 1.82) is 0 Å². The molecule has 182 valence electrons. The van der Waals surface area contributed by atoms with Crippen molar-refractivity contribution in [2.24, 2.45) is 0 Å². The fraction of sp³-hybridized carbons (Fsp3) is 0.407. The molecule has 1 aliphatic heterocycles. The molecule has 0 spiro atoms. The third-order valence-electron chi connectivity index (χ3n) is 5.58. The Hall–Kier alpha value is -3.32. The first-order chi connectivity index (χ1) is 16.5. The highest BCUT2D eigenvalue weighted by Crippen LogP contribution is 2.32.